The van der Waals surface area contributed by atoms with Gasteiger partial charge in [0.25, 0.3) is 5.91 Å². The van der Waals surface area contributed by atoms with Gasteiger partial charge < -0.3 is 15.8 Å². The molecule has 8 nitrogen and oxygen atoms in total. The molecule has 27 heavy (non-hydrogen) atoms. The Morgan fingerprint density at radius 3 is 2.19 bits per heavy atom. The van der Waals surface area contributed by atoms with E-state index < -0.39 is 16.1 Å². The number of rotatable bonds is 7. The number of hydrogen-bond acceptors (Lipinski definition) is 5. The molecule has 0 radical (unpaired) electrons. The largest absolute Gasteiger partial charge is 0.481 e. The van der Waals surface area contributed by atoms with Crippen molar-refractivity contribution in [3.8, 4) is 5.75 Å². The molecule has 150 valence electrons. The maximum absolute atomic E-state index is 12.7. The fraction of sp³-hybridized carbons (Fsp3) is 0.556. The molecule has 0 unspecified atom stereocenters. The van der Waals surface area contributed by atoms with Crippen molar-refractivity contribution in [2.75, 3.05) is 13.1 Å². The summed E-state index contributed by atoms with van der Waals surface area (Å²) in [5.74, 6) is -0.485. The zero-order chi connectivity index (χ0) is 20.2. The number of ether oxygens (including phenoxy) is 1. The normalized spacial score (nSPS) is 17.5. The number of piperidine rings is 1. The average Bonchev–Trinajstić information content (AvgIpc) is 2.61. The molecule has 9 heteroatoms. The van der Waals surface area contributed by atoms with Crippen LogP contribution in [0.25, 0.3) is 0 Å². The average molecular weight is 397 g/mol. The molecule has 0 aliphatic carbocycles. The van der Waals surface area contributed by atoms with Crippen molar-refractivity contribution in [2.24, 2.45) is 11.7 Å². The molecule has 1 aromatic carbocycles. The third-order valence-corrected chi connectivity index (χ3v) is 6.34. The van der Waals surface area contributed by atoms with E-state index in [2.05, 4.69) is 5.32 Å². The quantitative estimate of drug-likeness (QED) is 0.707. The second kappa shape index (κ2) is 8.71. The molecule has 1 aliphatic rings. The first-order valence-electron chi connectivity index (χ1n) is 8.98. The summed E-state index contributed by atoms with van der Waals surface area (Å²) in [6.07, 6.45) is 0.166. The van der Waals surface area contributed by atoms with Crippen LogP contribution in [0.5, 0.6) is 5.75 Å². The van der Waals surface area contributed by atoms with Crippen LogP contribution in [-0.4, -0.2) is 49.8 Å². The van der Waals surface area contributed by atoms with E-state index in [1.54, 1.807) is 6.92 Å². The van der Waals surface area contributed by atoms with Gasteiger partial charge in [0.05, 0.1) is 4.90 Å². The van der Waals surface area contributed by atoms with Gasteiger partial charge in [-0.3, -0.25) is 9.59 Å². The van der Waals surface area contributed by atoms with Crippen molar-refractivity contribution in [3.05, 3.63) is 24.3 Å². The molecule has 1 fully saturated rings. The fourth-order valence-corrected chi connectivity index (χ4v) is 4.35. The Labute approximate surface area is 160 Å². The van der Waals surface area contributed by atoms with E-state index in [1.807, 2.05) is 13.8 Å². The van der Waals surface area contributed by atoms with Gasteiger partial charge in [0.2, 0.25) is 15.9 Å². The van der Waals surface area contributed by atoms with Gasteiger partial charge in [0.15, 0.2) is 6.10 Å². The maximum Gasteiger partial charge on any atom is 0.260 e. The molecule has 0 bridgehead atoms. The van der Waals surface area contributed by atoms with E-state index in [-0.39, 0.29) is 41.8 Å². The second-order valence-corrected chi connectivity index (χ2v) is 8.91. The number of primary amides is 1. The van der Waals surface area contributed by atoms with Crippen LogP contribution in [0.1, 0.15) is 33.6 Å². The van der Waals surface area contributed by atoms with Gasteiger partial charge in [-0.05, 0) is 57.9 Å². The molecular weight excluding hydrogens is 370 g/mol. The fourth-order valence-electron chi connectivity index (χ4n) is 2.88. The second-order valence-electron chi connectivity index (χ2n) is 6.98. The molecule has 1 heterocycles. The number of amides is 2. The van der Waals surface area contributed by atoms with Gasteiger partial charge >= 0.3 is 0 Å². The summed E-state index contributed by atoms with van der Waals surface area (Å²) in [7, 11) is -3.64. The molecule has 0 aromatic heterocycles. The number of benzene rings is 1. The van der Waals surface area contributed by atoms with Crippen LogP contribution in [0.15, 0.2) is 29.2 Å². The summed E-state index contributed by atoms with van der Waals surface area (Å²) in [5.41, 5.74) is 5.29. The Balaban J connectivity index is 2.01. The van der Waals surface area contributed by atoms with E-state index in [1.165, 1.54) is 28.6 Å². The Hall–Kier alpha value is -2.13. The molecular formula is C18H27N3O5S. The number of sulfonamides is 1. The van der Waals surface area contributed by atoms with Crippen LogP contribution in [0.2, 0.25) is 0 Å². The van der Waals surface area contributed by atoms with Crippen molar-refractivity contribution in [1.29, 1.82) is 0 Å². The van der Waals surface area contributed by atoms with Gasteiger partial charge in [0.1, 0.15) is 5.75 Å². The number of nitrogens with zero attached hydrogens (tertiary/aromatic N) is 1. The molecule has 0 spiro atoms. The van der Waals surface area contributed by atoms with Crippen molar-refractivity contribution in [3.63, 3.8) is 0 Å². The van der Waals surface area contributed by atoms with Crippen LogP contribution < -0.4 is 15.8 Å². The highest BCUT2D eigenvalue weighted by atomic mass is 32.2. The Kier molecular flexibility index (Phi) is 6.83. The topological polar surface area (TPSA) is 119 Å². The van der Waals surface area contributed by atoms with Crippen LogP contribution in [0.3, 0.4) is 0 Å². The Morgan fingerprint density at radius 2 is 1.70 bits per heavy atom. The number of hydrogen-bond donors (Lipinski definition) is 2. The summed E-state index contributed by atoms with van der Waals surface area (Å²) in [4.78, 5) is 23.3. The lowest BCUT2D eigenvalue weighted by molar-refractivity contribution is -0.127. The first-order valence-corrected chi connectivity index (χ1v) is 10.4. The molecule has 0 saturated carbocycles. The highest BCUT2D eigenvalue weighted by Crippen LogP contribution is 2.25. The van der Waals surface area contributed by atoms with Gasteiger partial charge in [-0.15, -0.1) is 0 Å². The zero-order valence-electron chi connectivity index (χ0n) is 15.8. The third-order valence-electron chi connectivity index (χ3n) is 4.43. The molecule has 2 amide bonds. The predicted octanol–water partition coefficient (Wildman–Crippen LogP) is 0.865. The van der Waals surface area contributed by atoms with Gasteiger partial charge in [0, 0.05) is 25.0 Å². The molecule has 1 aliphatic heterocycles. The van der Waals surface area contributed by atoms with Crippen molar-refractivity contribution >= 4 is 21.8 Å². The van der Waals surface area contributed by atoms with E-state index in [4.69, 9.17) is 10.5 Å². The Bertz CT molecular complexity index is 769. The van der Waals surface area contributed by atoms with Gasteiger partial charge in [-0.1, -0.05) is 0 Å². The van der Waals surface area contributed by atoms with Crippen LogP contribution in [0, 0.1) is 5.92 Å². The van der Waals surface area contributed by atoms with E-state index in [0.29, 0.717) is 18.6 Å². The molecule has 1 atom stereocenters. The molecule has 2 rings (SSSR count). The van der Waals surface area contributed by atoms with Crippen molar-refractivity contribution in [2.45, 2.75) is 50.7 Å². The SMILES string of the molecule is CC(C)NC(=O)[C@@H](C)Oc1ccc(S(=O)(=O)N2CCC(C(N)=O)CC2)cc1. The van der Waals surface area contributed by atoms with Crippen molar-refractivity contribution < 1.29 is 22.7 Å². The smallest absolute Gasteiger partial charge is 0.260 e. The number of nitrogens with one attached hydrogen (secondary N) is 1. The Morgan fingerprint density at radius 1 is 1.15 bits per heavy atom. The highest BCUT2D eigenvalue weighted by Gasteiger charge is 2.31. The lowest BCUT2D eigenvalue weighted by Gasteiger charge is -2.29. The summed E-state index contributed by atoms with van der Waals surface area (Å²) < 4.78 is 32.4. The van der Waals surface area contributed by atoms with Gasteiger partial charge in [-0.2, -0.15) is 4.31 Å². The predicted molar refractivity (Wildman–Crippen MR) is 100 cm³/mol. The van der Waals surface area contributed by atoms with E-state index >= 15 is 0 Å². The number of carbonyl (C=O) groups is 2. The summed E-state index contributed by atoms with van der Waals surface area (Å²) in [5, 5.41) is 2.75. The van der Waals surface area contributed by atoms with Crippen LogP contribution in [-0.2, 0) is 19.6 Å². The third kappa shape index (κ3) is 5.43. The summed E-state index contributed by atoms with van der Waals surface area (Å²) in [6, 6.07) is 5.98. The molecule has 3 N–H and O–H groups in total. The van der Waals surface area contributed by atoms with Crippen molar-refractivity contribution in [1.82, 2.24) is 9.62 Å². The minimum absolute atomic E-state index is 0.00905. The van der Waals surface area contributed by atoms with Crippen LogP contribution in [0.4, 0.5) is 0 Å². The van der Waals surface area contributed by atoms with E-state index in [9.17, 15) is 18.0 Å². The first kappa shape index (κ1) is 21.2. The maximum atomic E-state index is 12.7. The number of nitrogens with two attached hydrogens (primary N) is 1. The zero-order valence-corrected chi connectivity index (χ0v) is 16.7. The standard InChI is InChI=1S/C18H27N3O5S/c1-12(2)20-18(23)13(3)26-15-4-6-16(7-5-15)27(24,25)21-10-8-14(9-11-21)17(19)22/h4-7,12-14H,8-11H2,1-3H3,(H2,19,22)(H,20,23)/t13-/m1/s1. The highest BCUT2D eigenvalue weighted by molar-refractivity contribution is 7.89. The lowest BCUT2D eigenvalue weighted by atomic mass is 9.98. The molecule has 1 aromatic rings. The van der Waals surface area contributed by atoms with Gasteiger partial charge in [-0.25, -0.2) is 8.42 Å². The minimum Gasteiger partial charge on any atom is -0.481 e. The number of carbonyl (C=O) groups excluding carboxylic acids is 2. The van der Waals surface area contributed by atoms with Crippen LogP contribution >= 0.6 is 0 Å². The lowest BCUT2D eigenvalue weighted by Crippen LogP contribution is -2.41. The monoisotopic (exact) mass is 397 g/mol. The van der Waals surface area contributed by atoms with E-state index in [0.717, 1.165) is 0 Å². The minimum atomic E-state index is -3.64. The summed E-state index contributed by atoms with van der Waals surface area (Å²) in [6.45, 7) is 5.87. The first-order chi connectivity index (χ1) is 12.6. The molecule has 1 saturated heterocycles. The summed E-state index contributed by atoms with van der Waals surface area (Å²) >= 11 is 0.